The molecular weight excluding hydrogens is 640 g/mol. The second kappa shape index (κ2) is 11.7. The highest BCUT2D eigenvalue weighted by molar-refractivity contribution is 6.32. The summed E-state index contributed by atoms with van der Waals surface area (Å²) >= 11 is 6.39. The number of methoxy groups -OCH3 is 1. The molecule has 0 bridgehead atoms. The minimum Gasteiger partial charge on any atom is -0.508 e. The van der Waals surface area contributed by atoms with Crippen LogP contribution in [0.4, 0.5) is 5.69 Å². The van der Waals surface area contributed by atoms with Gasteiger partial charge < -0.3 is 9.84 Å². The molecule has 8 rings (SSSR count). The summed E-state index contributed by atoms with van der Waals surface area (Å²) in [5.41, 5.74) is 1.86. The molecule has 1 saturated carbocycles. The van der Waals surface area contributed by atoms with E-state index in [0.717, 1.165) is 11.1 Å². The molecule has 0 radical (unpaired) electrons. The number of hydrogen-bond acceptors (Lipinski definition) is 6. The maximum absolute atomic E-state index is 15.3. The molecule has 3 fully saturated rings. The fourth-order valence-electron chi connectivity index (χ4n) is 9.01. The highest BCUT2D eigenvalue weighted by Gasteiger charge is 2.70. The number of allylic oxidation sites excluding steroid dienone is 2. The van der Waals surface area contributed by atoms with Crippen molar-refractivity contribution in [2.45, 2.75) is 30.7 Å². The number of rotatable bonds is 6. The van der Waals surface area contributed by atoms with Crippen molar-refractivity contribution in [2.24, 2.45) is 23.7 Å². The molecular formula is C40H33ClN2O6. The number of fused-ring (bicyclic) bond motifs is 4. The number of phenols is 1. The number of anilines is 1. The van der Waals surface area contributed by atoms with Crippen molar-refractivity contribution in [3.05, 3.63) is 136 Å². The smallest absolute Gasteiger partial charge is 0.246 e. The lowest BCUT2D eigenvalue weighted by molar-refractivity contribution is -0.141. The maximum atomic E-state index is 15.3. The molecule has 6 atom stereocenters. The van der Waals surface area contributed by atoms with Gasteiger partial charge >= 0.3 is 0 Å². The van der Waals surface area contributed by atoms with Gasteiger partial charge in [-0.1, -0.05) is 96.0 Å². The number of benzene rings is 4. The SMILES string of the molecule is COc1cc(O)ccc1[C@H]1C2=CC[C@@H]3C(=O)N(Cc4ccccc4)C(=O)[C@@H]3[C@@H]2C[C@H]2C(=O)N(c3cccc(Cl)c3)C(=O)[C@@]12c1ccccc1. The van der Waals surface area contributed by atoms with E-state index < -0.39 is 46.8 Å². The molecule has 2 saturated heterocycles. The van der Waals surface area contributed by atoms with E-state index >= 15 is 4.79 Å². The van der Waals surface area contributed by atoms with Crippen LogP contribution in [-0.4, -0.2) is 40.7 Å². The van der Waals surface area contributed by atoms with Crippen LogP contribution in [0.2, 0.25) is 5.02 Å². The minimum absolute atomic E-state index is 0.0153. The lowest BCUT2D eigenvalue weighted by atomic mass is 9.49. The van der Waals surface area contributed by atoms with E-state index in [1.165, 1.54) is 23.0 Å². The van der Waals surface area contributed by atoms with E-state index in [0.29, 0.717) is 34.0 Å². The molecule has 0 spiro atoms. The number of halogens is 1. The number of aromatic hydroxyl groups is 1. The van der Waals surface area contributed by atoms with Crippen LogP contribution in [0.5, 0.6) is 11.5 Å². The third-order valence-corrected chi connectivity index (χ3v) is 11.2. The Balaban J connectivity index is 1.34. The Kier molecular flexibility index (Phi) is 7.45. The van der Waals surface area contributed by atoms with E-state index in [1.54, 1.807) is 36.4 Å². The number of phenolic OH excluding ortho intramolecular Hbond substituents is 1. The predicted molar refractivity (Wildman–Crippen MR) is 183 cm³/mol. The third-order valence-electron chi connectivity index (χ3n) is 11.0. The van der Waals surface area contributed by atoms with Crippen molar-refractivity contribution in [2.75, 3.05) is 12.0 Å². The van der Waals surface area contributed by atoms with Gasteiger partial charge in [0.05, 0.1) is 42.5 Å². The summed E-state index contributed by atoms with van der Waals surface area (Å²) in [7, 11) is 1.50. The van der Waals surface area contributed by atoms with Crippen LogP contribution in [0, 0.1) is 23.7 Å². The first kappa shape index (κ1) is 31.1. The summed E-state index contributed by atoms with van der Waals surface area (Å²) in [5, 5.41) is 10.9. The van der Waals surface area contributed by atoms with Crippen LogP contribution in [0.15, 0.2) is 115 Å². The van der Waals surface area contributed by atoms with Gasteiger partial charge in [-0.2, -0.15) is 0 Å². The first-order valence-corrected chi connectivity index (χ1v) is 16.8. The molecule has 2 heterocycles. The molecule has 2 aliphatic carbocycles. The molecule has 1 N–H and O–H groups in total. The zero-order valence-electron chi connectivity index (χ0n) is 26.7. The molecule has 4 amide bonds. The predicted octanol–water partition coefficient (Wildman–Crippen LogP) is 6.42. The number of amides is 4. The van der Waals surface area contributed by atoms with Crippen molar-refractivity contribution in [3.63, 3.8) is 0 Å². The molecule has 246 valence electrons. The van der Waals surface area contributed by atoms with E-state index in [9.17, 15) is 19.5 Å². The zero-order chi connectivity index (χ0) is 34.0. The summed E-state index contributed by atoms with van der Waals surface area (Å²) in [6.07, 6.45) is 2.53. The average molecular weight is 673 g/mol. The van der Waals surface area contributed by atoms with Crippen molar-refractivity contribution in [1.29, 1.82) is 0 Å². The topological polar surface area (TPSA) is 104 Å². The van der Waals surface area contributed by atoms with Crippen LogP contribution in [-0.2, 0) is 31.1 Å². The number of ether oxygens (including phenoxy) is 1. The summed E-state index contributed by atoms with van der Waals surface area (Å²) < 4.78 is 5.84. The van der Waals surface area contributed by atoms with Gasteiger partial charge in [0.1, 0.15) is 11.5 Å². The molecule has 4 aliphatic rings. The lowest BCUT2D eigenvalue weighted by Gasteiger charge is -2.51. The molecule has 0 unspecified atom stereocenters. The number of imide groups is 2. The summed E-state index contributed by atoms with van der Waals surface area (Å²) in [4.78, 5) is 61.0. The van der Waals surface area contributed by atoms with Crippen LogP contribution in [0.25, 0.3) is 0 Å². The molecule has 4 aromatic rings. The van der Waals surface area contributed by atoms with Crippen LogP contribution in [0.3, 0.4) is 0 Å². The maximum Gasteiger partial charge on any atom is 0.246 e. The molecule has 9 heteroatoms. The third kappa shape index (κ3) is 4.57. The van der Waals surface area contributed by atoms with E-state index in [1.807, 2.05) is 66.7 Å². The van der Waals surface area contributed by atoms with Gasteiger partial charge in [-0.25, -0.2) is 4.90 Å². The van der Waals surface area contributed by atoms with Crippen LogP contribution < -0.4 is 9.64 Å². The van der Waals surface area contributed by atoms with Gasteiger partial charge in [-0.05, 0) is 54.2 Å². The molecule has 8 nitrogen and oxygen atoms in total. The number of carbonyl (C=O) groups is 4. The van der Waals surface area contributed by atoms with Gasteiger partial charge in [0.15, 0.2) is 0 Å². The Morgan fingerprint density at radius 2 is 1.57 bits per heavy atom. The van der Waals surface area contributed by atoms with Gasteiger partial charge in [0.25, 0.3) is 0 Å². The van der Waals surface area contributed by atoms with E-state index in [2.05, 4.69) is 0 Å². The van der Waals surface area contributed by atoms with E-state index in [4.69, 9.17) is 16.3 Å². The van der Waals surface area contributed by atoms with Gasteiger partial charge in [-0.15, -0.1) is 0 Å². The molecule has 49 heavy (non-hydrogen) atoms. The highest BCUT2D eigenvalue weighted by atomic mass is 35.5. The van der Waals surface area contributed by atoms with Crippen LogP contribution >= 0.6 is 11.6 Å². The van der Waals surface area contributed by atoms with Crippen molar-refractivity contribution >= 4 is 40.9 Å². The second-order valence-corrected chi connectivity index (χ2v) is 13.7. The molecule has 4 aromatic carbocycles. The van der Waals surface area contributed by atoms with Crippen molar-refractivity contribution in [1.82, 2.24) is 4.90 Å². The standard InChI is InChI=1S/C40H33ClN2O6/c1-49-33-20-27(44)15-16-29(33)35-28-17-18-30-34(38(47)42(36(30)45)22-23-9-4-2-5-10-23)31(28)21-32-37(46)43(26-14-8-13-25(41)19-26)39(48)40(32,35)24-11-6-3-7-12-24/h2-17,19-20,30-32,34-35,44H,18,21-22H2,1H3/t30-,31+,32-,34-,35+,40+/m0/s1. The normalized spacial score (nSPS) is 27.5. The number of carbonyl (C=O) groups excluding carboxylic acids is 4. The Morgan fingerprint density at radius 3 is 2.29 bits per heavy atom. The number of hydrogen-bond donors (Lipinski definition) is 1. The average Bonchev–Trinajstić information content (AvgIpc) is 3.49. The van der Waals surface area contributed by atoms with Crippen molar-refractivity contribution < 1.29 is 29.0 Å². The largest absolute Gasteiger partial charge is 0.508 e. The van der Waals surface area contributed by atoms with Gasteiger partial charge in [0.2, 0.25) is 23.6 Å². The van der Waals surface area contributed by atoms with E-state index in [-0.39, 0.29) is 30.5 Å². The fourth-order valence-corrected chi connectivity index (χ4v) is 9.20. The number of nitrogens with zero attached hydrogens (tertiary/aromatic N) is 2. The first-order chi connectivity index (χ1) is 23.7. The Bertz CT molecular complexity index is 2050. The zero-order valence-corrected chi connectivity index (χ0v) is 27.4. The molecule has 0 aromatic heterocycles. The fraction of sp³-hybridized carbons (Fsp3) is 0.250. The Morgan fingerprint density at radius 1 is 0.837 bits per heavy atom. The highest BCUT2D eigenvalue weighted by Crippen LogP contribution is 2.65. The summed E-state index contributed by atoms with van der Waals surface area (Å²) in [5.74, 6) is -4.37. The quantitative estimate of drug-likeness (QED) is 0.187. The summed E-state index contributed by atoms with van der Waals surface area (Å²) in [6, 6.07) is 30.2. The van der Waals surface area contributed by atoms with Gasteiger partial charge in [-0.3, -0.25) is 24.1 Å². The van der Waals surface area contributed by atoms with Crippen molar-refractivity contribution in [3.8, 4) is 11.5 Å². The molecule has 2 aliphatic heterocycles. The Labute approximate surface area is 288 Å². The summed E-state index contributed by atoms with van der Waals surface area (Å²) in [6.45, 7) is 0.167. The second-order valence-electron chi connectivity index (χ2n) is 13.3. The monoisotopic (exact) mass is 672 g/mol. The van der Waals surface area contributed by atoms with Gasteiger partial charge in [0, 0.05) is 22.6 Å². The minimum atomic E-state index is -1.44. The van der Waals surface area contributed by atoms with Crippen LogP contribution in [0.1, 0.15) is 35.4 Å². The Hall–Kier alpha value is -5.21. The lowest BCUT2D eigenvalue weighted by Crippen LogP contribution is -2.53. The number of likely N-dealkylation sites (tertiary alicyclic amines) is 1. The first-order valence-electron chi connectivity index (χ1n) is 16.4.